The van der Waals surface area contributed by atoms with Gasteiger partial charge >= 0.3 is 6.03 Å². The molecule has 3 amide bonds. The van der Waals surface area contributed by atoms with Crippen LogP contribution in [-0.4, -0.2) is 27.4 Å². The number of aromatic nitrogens is 1. The molecule has 5 rings (SSSR count). The van der Waals surface area contributed by atoms with Crippen molar-refractivity contribution >= 4 is 23.5 Å². The summed E-state index contributed by atoms with van der Waals surface area (Å²) in [5, 5.41) is 3.52. The second-order valence-corrected chi connectivity index (χ2v) is 7.91. The van der Waals surface area contributed by atoms with E-state index in [1.165, 1.54) is 10.5 Å². The first-order valence-corrected chi connectivity index (χ1v) is 9.83. The molecule has 1 N–H and O–H groups in total. The fourth-order valence-electron chi connectivity index (χ4n) is 4.14. The summed E-state index contributed by atoms with van der Waals surface area (Å²) in [7, 11) is 0. The molecule has 1 fully saturated rings. The number of imide groups is 1. The Morgan fingerprint density at radius 1 is 1.14 bits per heavy atom. The van der Waals surface area contributed by atoms with E-state index >= 15 is 0 Å². The van der Waals surface area contributed by atoms with Crippen LogP contribution >= 0.6 is 11.6 Å². The van der Waals surface area contributed by atoms with Gasteiger partial charge < -0.3 is 9.73 Å². The highest BCUT2D eigenvalue weighted by atomic mass is 35.5. The fourth-order valence-corrected chi connectivity index (χ4v) is 4.33. The first-order valence-electron chi connectivity index (χ1n) is 9.46. The quantitative estimate of drug-likeness (QED) is 0.666. The topological polar surface area (TPSA) is 75.4 Å². The predicted molar refractivity (Wildman–Crippen MR) is 107 cm³/mol. The predicted octanol–water partition coefficient (Wildman–Crippen LogP) is 3.97. The van der Waals surface area contributed by atoms with Gasteiger partial charge in [0.05, 0.1) is 6.20 Å². The van der Waals surface area contributed by atoms with Crippen molar-refractivity contribution in [3.63, 3.8) is 0 Å². The van der Waals surface area contributed by atoms with E-state index in [2.05, 4.69) is 16.4 Å². The van der Waals surface area contributed by atoms with E-state index in [1.54, 1.807) is 18.3 Å². The second-order valence-electron chi connectivity index (χ2n) is 7.48. The van der Waals surface area contributed by atoms with Crippen LogP contribution in [-0.2, 0) is 24.2 Å². The van der Waals surface area contributed by atoms with E-state index < -0.39 is 11.6 Å². The smallest absolute Gasteiger partial charge is 0.325 e. The Hall–Kier alpha value is -3.12. The van der Waals surface area contributed by atoms with Crippen LogP contribution in [0.5, 0.6) is 0 Å². The fraction of sp³-hybridized carbons (Fsp3) is 0.227. The van der Waals surface area contributed by atoms with Crippen molar-refractivity contribution in [3.05, 3.63) is 76.8 Å². The molecule has 1 aromatic heterocycles. The molecule has 1 aliphatic carbocycles. The highest BCUT2D eigenvalue weighted by Gasteiger charge is 2.52. The molecule has 2 heterocycles. The van der Waals surface area contributed by atoms with Crippen LogP contribution in [0.2, 0.25) is 5.02 Å². The average molecular weight is 408 g/mol. The largest absolute Gasteiger partial charge is 0.439 e. The molecular weight excluding hydrogens is 390 g/mol. The van der Waals surface area contributed by atoms with Crippen LogP contribution in [0, 0.1) is 0 Å². The van der Waals surface area contributed by atoms with Gasteiger partial charge in [-0.2, -0.15) is 0 Å². The summed E-state index contributed by atoms with van der Waals surface area (Å²) < 4.78 is 5.77. The molecule has 6 nitrogen and oxygen atoms in total. The number of urea groups is 1. The monoisotopic (exact) mass is 407 g/mol. The number of hydrogen-bond acceptors (Lipinski definition) is 4. The van der Waals surface area contributed by atoms with Crippen molar-refractivity contribution < 1.29 is 14.0 Å². The van der Waals surface area contributed by atoms with Gasteiger partial charge in [0.25, 0.3) is 5.91 Å². The third-order valence-electron chi connectivity index (χ3n) is 5.63. The minimum atomic E-state index is -0.881. The van der Waals surface area contributed by atoms with Gasteiger partial charge in [0.2, 0.25) is 5.89 Å². The van der Waals surface area contributed by atoms with Crippen LogP contribution < -0.4 is 5.32 Å². The number of amides is 3. The van der Waals surface area contributed by atoms with E-state index in [0.29, 0.717) is 29.5 Å². The minimum Gasteiger partial charge on any atom is -0.439 e. The zero-order chi connectivity index (χ0) is 20.0. The lowest BCUT2D eigenvalue weighted by Crippen LogP contribution is -2.51. The molecule has 0 bridgehead atoms. The van der Waals surface area contributed by atoms with Gasteiger partial charge in [-0.3, -0.25) is 9.69 Å². The number of nitrogens with one attached hydrogen (secondary N) is 1. The van der Waals surface area contributed by atoms with Gasteiger partial charge in [-0.05, 0) is 36.1 Å². The number of carbonyl (C=O) groups is 2. The van der Waals surface area contributed by atoms with E-state index in [9.17, 15) is 9.59 Å². The summed E-state index contributed by atoms with van der Waals surface area (Å²) in [6.07, 6.45) is 3.42. The van der Waals surface area contributed by atoms with Crippen molar-refractivity contribution in [1.29, 1.82) is 0 Å². The van der Waals surface area contributed by atoms with E-state index in [4.69, 9.17) is 16.0 Å². The lowest BCUT2D eigenvalue weighted by Gasteiger charge is -2.32. The first-order chi connectivity index (χ1) is 14.0. The molecule has 1 unspecified atom stereocenters. The van der Waals surface area contributed by atoms with Gasteiger partial charge in [-0.15, -0.1) is 0 Å². The molecule has 1 aliphatic heterocycles. The molecule has 7 heteroatoms. The Kier molecular flexibility index (Phi) is 4.17. The summed E-state index contributed by atoms with van der Waals surface area (Å²) in [4.78, 5) is 31.2. The van der Waals surface area contributed by atoms with Crippen LogP contribution in [0.4, 0.5) is 4.79 Å². The molecule has 1 saturated heterocycles. The molecule has 1 atom stereocenters. The van der Waals surface area contributed by atoms with Gasteiger partial charge in [0.1, 0.15) is 12.1 Å². The van der Waals surface area contributed by atoms with Crippen LogP contribution in [0.25, 0.3) is 11.3 Å². The lowest BCUT2D eigenvalue weighted by molar-refractivity contribution is -0.132. The second kappa shape index (κ2) is 6.74. The summed E-state index contributed by atoms with van der Waals surface area (Å²) in [5.41, 5.74) is 2.24. The summed E-state index contributed by atoms with van der Waals surface area (Å²) in [5.74, 6) is 0.618. The van der Waals surface area contributed by atoms with Gasteiger partial charge in [-0.1, -0.05) is 48.0 Å². The maximum atomic E-state index is 13.2. The molecule has 1 spiro atoms. The van der Waals surface area contributed by atoms with Crippen LogP contribution in [0.3, 0.4) is 0 Å². The van der Waals surface area contributed by atoms with Crippen LogP contribution in [0.15, 0.2) is 59.1 Å². The Balaban J connectivity index is 1.37. The standard InChI is InChI=1S/C22H18ClN3O3/c23-17-7-3-6-15(10-17)18-12-24-19(29-18)13-26-20(27)22(25-21(26)28)9-8-14-4-1-2-5-16(14)11-22/h1-7,10,12H,8-9,11,13H2,(H,25,28). The Labute approximate surface area is 172 Å². The molecule has 29 heavy (non-hydrogen) atoms. The van der Waals surface area contributed by atoms with Gasteiger partial charge in [0.15, 0.2) is 5.76 Å². The number of fused-ring (bicyclic) bond motifs is 1. The molecule has 3 aromatic rings. The molecule has 2 aromatic carbocycles. The number of benzene rings is 2. The Morgan fingerprint density at radius 2 is 1.97 bits per heavy atom. The number of hydrogen-bond donors (Lipinski definition) is 1. The molecule has 2 aliphatic rings. The summed E-state index contributed by atoms with van der Waals surface area (Å²) >= 11 is 6.03. The molecule has 146 valence electrons. The maximum absolute atomic E-state index is 13.2. The van der Waals surface area contributed by atoms with Gasteiger partial charge in [0, 0.05) is 17.0 Å². The number of oxazole rings is 1. The summed E-state index contributed by atoms with van der Waals surface area (Å²) in [6, 6.07) is 14.9. The number of rotatable bonds is 3. The van der Waals surface area contributed by atoms with Crippen LogP contribution in [0.1, 0.15) is 23.4 Å². The zero-order valence-electron chi connectivity index (χ0n) is 15.5. The third-order valence-corrected chi connectivity index (χ3v) is 5.87. The minimum absolute atomic E-state index is 0.00533. The number of nitrogens with zero attached hydrogens (tertiary/aromatic N) is 2. The van der Waals surface area contributed by atoms with Crippen molar-refractivity contribution in [2.24, 2.45) is 0 Å². The molecular formula is C22H18ClN3O3. The van der Waals surface area contributed by atoms with E-state index in [-0.39, 0.29) is 12.5 Å². The average Bonchev–Trinajstić information content (AvgIpc) is 3.27. The molecule has 0 radical (unpaired) electrons. The third kappa shape index (κ3) is 3.09. The first kappa shape index (κ1) is 17.9. The Morgan fingerprint density at radius 3 is 2.79 bits per heavy atom. The Bertz CT molecular complexity index is 1130. The number of carbonyl (C=O) groups excluding carboxylic acids is 2. The molecule has 0 saturated carbocycles. The summed E-state index contributed by atoms with van der Waals surface area (Å²) in [6.45, 7) is -0.00533. The van der Waals surface area contributed by atoms with Crippen molar-refractivity contribution in [2.75, 3.05) is 0 Å². The zero-order valence-corrected chi connectivity index (χ0v) is 16.3. The van der Waals surface area contributed by atoms with Gasteiger partial charge in [-0.25, -0.2) is 9.78 Å². The van der Waals surface area contributed by atoms with E-state index in [1.807, 2.05) is 30.3 Å². The number of halogens is 1. The SMILES string of the molecule is O=C1NC2(CCc3ccccc3C2)C(=O)N1Cc1ncc(-c2cccc(Cl)c2)o1. The van der Waals surface area contributed by atoms with Crippen molar-refractivity contribution in [1.82, 2.24) is 15.2 Å². The highest BCUT2D eigenvalue weighted by Crippen LogP contribution is 2.34. The lowest BCUT2D eigenvalue weighted by atomic mass is 9.78. The van der Waals surface area contributed by atoms with E-state index in [0.717, 1.165) is 17.5 Å². The normalized spacial score (nSPS) is 20.8. The maximum Gasteiger partial charge on any atom is 0.325 e. The number of aryl methyl sites for hydroxylation is 1. The highest BCUT2D eigenvalue weighted by molar-refractivity contribution is 6.30. The van der Waals surface area contributed by atoms with Crippen molar-refractivity contribution in [2.45, 2.75) is 31.3 Å². The van der Waals surface area contributed by atoms with Crippen molar-refractivity contribution in [3.8, 4) is 11.3 Å².